The zero-order valence-corrected chi connectivity index (χ0v) is 14.0. The Morgan fingerprint density at radius 3 is 2.33 bits per heavy atom. The molecule has 0 atom stereocenters. The van der Waals surface area contributed by atoms with Gasteiger partial charge in [0.05, 0.1) is 12.3 Å². The maximum Gasteiger partial charge on any atom is 0.387 e. The van der Waals surface area contributed by atoms with E-state index in [1.54, 1.807) is 30.5 Å². The normalized spacial score (nSPS) is 11.0. The fraction of sp³-hybridized carbons (Fsp3) is 0.150. The van der Waals surface area contributed by atoms with E-state index in [-0.39, 0.29) is 23.5 Å². The second kappa shape index (κ2) is 8.18. The minimum absolute atomic E-state index is 0.131. The van der Waals surface area contributed by atoms with E-state index in [1.165, 1.54) is 12.1 Å². The summed E-state index contributed by atoms with van der Waals surface area (Å²) in [6.07, 6.45) is 2.04. The van der Waals surface area contributed by atoms with Crippen LogP contribution in [-0.2, 0) is 13.0 Å². The summed E-state index contributed by atoms with van der Waals surface area (Å²) in [5.74, 6) is -2.24. The molecule has 1 heterocycles. The molecule has 0 saturated heterocycles. The molecular weight excluding hydrogens is 362 g/mol. The topological polar surface area (TPSA) is 42.4 Å². The molecule has 0 saturated carbocycles. The van der Waals surface area contributed by atoms with Gasteiger partial charge in [-0.15, -0.1) is 0 Å². The number of aliphatic hydroxyl groups excluding tert-OH is 1. The van der Waals surface area contributed by atoms with Crippen molar-refractivity contribution >= 4 is 0 Å². The summed E-state index contributed by atoms with van der Waals surface area (Å²) in [4.78, 5) is 4.09. The van der Waals surface area contributed by atoms with Crippen LogP contribution in [-0.4, -0.2) is 16.7 Å². The van der Waals surface area contributed by atoms with Crippen LogP contribution < -0.4 is 4.74 Å². The van der Waals surface area contributed by atoms with Gasteiger partial charge in [0, 0.05) is 11.8 Å². The Kier molecular flexibility index (Phi) is 5.71. The molecule has 3 rings (SSSR count). The minimum Gasteiger partial charge on any atom is -0.434 e. The highest BCUT2D eigenvalue weighted by Gasteiger charge is 2.14. The van der Waals surface area contributed by atoms with Gasteiger partial charge in [-0.25, -0.2) is 8.78 Å². The molecule has 0 amide bonds. The molecule has 0 aliphatic heterocycles. The maximum absolute atomic E-state index is 13.6. The predicted octanol–water partition coefficient (Wildman–Crippen LogP) is 4.71. The number of pyridine rings is 1. The highest BCUT2D eigenvalue weighted by molar-refractivity contribution is 5.71. The van der Waals surface area contributed by atoms with Crippen LogP contribution in [0.2, 0.25) is 0 Å². The van der Waals surface area contributed by atoms with Crippen LogP contribution in [0.15, 0.2) is 54.7 Å². The minimum atomic E-state index is -3.05. The van der Waals surface area contributed by atoms with Crippen LogP contribution in [0.3, 0.4) is 0 Å². The van der Waals surface area contributed by atoms with Crippen molar-refractivity contribution in [1.82, 2.24) is 4.98 Å². The highest BCUT2D eigenvalue weighted by Crippen LogP contribution is 2.33. The van der Waals surface area contributed by atoms with Crippen molar-refractivity contribution in [3.05, 3.63) is 83.2 Å². The number of aliphatic hydroxyl groups is 1. The van der Waals surface area contributed by atoms with Crippen LogP contribution in [0.4, 0.5) is 17.6 Å². The second-order valence-electron chi connectivity index (χ2n) is 5.83. The average Bonchev–Trinajstić information content (AvgIpc) is 2.65. The van der Waals surface area contributed by atoms with Gasteiger partial charge in [0.2, 0.25) is 0 Å². The second-order valence-corrected chi connectivity index (χ2v) is 5.83. The molecular formula is C20H15F4NO2. The quantitative estimate of drug-likeness (QED) is 0.633. The van der Waals surface area contributed by atoms with Gasteiger partial charge in [0.1, 0.15) is 5.75 Å². The number of rotatable bonds is 6. The fourth-order valence-corrected chi connectivity index (χ4v) is 2.66. The summed E-state index contributed by atoms with van der Waals surface area (Å²) < 4.78 is 56.7. The van der Waals surface area contributed by atoms with Crippen molar-refractivity contribution in [3.8, 4) is 16.9 Å². The molecule has 0 spiro atoms. The van der Waals surface area contributed by atoms with Gasteiger partial charge in [0.25, 0.3) is 0 Å². The molecule has 2 aromatic carbocycles. The number of hydrogen-bond donors (Lipinski definition) is 1. The third-order valence-corrected chi connectivity index (χ3v) is 3.95. The summed E-state index contributed by atoms with van der Waals surface area (Å²) in [7, 11) is 0. The first-order valence-corrected chi connectivity index (χ1v) is 8.04. The van der Waals surface area contributed by atoms with Gasteiger partial charge in [-0.1, -0.05) is 18.2 Å². The van der Waals surface area contributed by atoms with E-state index >= 15 is 0 Å². The Balaban J connectivity index is 1.97. The number of aromatic nitrogens is 1. The van der Waals surface area contributed by atoms with Gasteiger partial charge in [-0.2, -0.15) is 8.78 Å². The zero-order chi connectivity index (χ0) is 19.4. The SMILES string of the molecule is OCc1ccc(Cc2ccc(OC(F)F)c(-c3ccc(F)c(F)c3)c2)cn1. The van der Waals surface area contributed by atoms with Crippen LogP contribution >= 0.6 is 0 Å². The number of hydrogen-bond acceptors (Lipinski definition) is 3. The number of nitrogens with zero attached hydrogens (tertiary/aromatic N) is 1. The van der Waals surface area contributed by atoms with Crippen molar-refractivity contribution in [2.75, 3.05) is 0 Å². The summed E-state index contributed by atoms with van der Waals surface area (Å²) in [5.41, 5.74) is 2.56. The lowest BCUT2D eigenvalue weighted by molar-refractivity contribution is -0.0494. The monoisotopic (exact) mass is 377 g/mol. The molecule has 1 N–H and O–H groups in total. The standard InChI is InChI=1S/C20H15F4NO2/c21-17-5-3-14(9-18(17)22)16-8-12(2-6-19(16)27-20(23)24)7-13-1-4-15(11-26)25-10-13/h1-6,8-10,20,26H,7,11H2. The molecule has 1 aromatic heterocycles. The van der Waals surface area contributed by atoms with Crippen molar-refractivity contribution in [2.45, 2.75) is 19.6 Å². The summed E-state index contributed by atoms with van der Waals surface area (Å²) in [6, 6.07) is 11.2. The Bertz CT molecular complexity index is 930. The molecule has 0 bridgehead atoms. The third kappa shape index (κ3) is 4.62. The molecule has 0 radical (unpaired) electrons. The number of halogens is 4. The Hall–Kier alpha value is -2.93. The molecule has 0 fully saturated rings. The largest absolute Gasteiger partial charge is 0.434 e. The molecule has 3 aromatic rings. The van der Waals surface area contributed by atoms with Gasteiger partial charge in [0.15, 0.2) is 11.6 Å². The fourth-order valence-electron chi connectivity index (χ4n) is 2.66. The molecule has 7 heteroatoms. The van der Waals surface area contributed by atoms with Crippen molar-refractivity contribution < 1.29 is 27.4 Å². The Morgan fingerprint density at radius 2 is 1.70 bits per heavy atom. The van der Waals surface area contributed by atoms with E-state index in [2.05, 4.69) is 9.72 Å². The summed E-state index contributed by atoms with van der Waals surface area (Å²) in [6.45, 7) is -3.21. The van der Waals surface area contributed by atoms with Crippen LogP contribution in [0.1, 0.15) is 16.8 Å². The van der Waals surface area contributed by atoms with Crippen molar-refractivity contribution in [1.29, 1.82) is 0 Å². The van der Waals surface area contributed by atoms with Crippen molar-refractivity contribution in [3.63, 3.8) is 0 Å². The highest BCUT2D eigenvalue weighted by atomic mass is 19.3. The first-order valence-electron chi connectivity index (χ1n) is 8.04. The lowest BCUT2D eigenvalue weighted by Crippen LogP contribution is -2.04. The molecule has 140 valence electrons. The van der Waals surface area contributed by atoms with Gasteiger partial charge in [-0.05, 0) is 53.4 Å². The molecule has 3 nitrogen and oxygen atoms in total. The van der Waals surface area contributed by atoms with Gasteiger partial charge >= 0.3 is 6.61 Å². The van der Waals surface area contributed by atoms with E-state index in [0.29, 0.717) is 12.1 Å². The summed E-state index contributed by atoms with van der Waals surface area (Å²) >= 11 is 0. The smallest absolute Gasteiger partial charge is 0.387 e. The molecule has 0 aliphatic carbocycles. The number of benzene rings is 2. The predicted molar refractivity (Wildman–Crippen MR) is 91.4 cm³/mol. The number of alkyl halides is 2. The lowest BCUT2D eigenvalue weighted by Gasteiger charge is -2.13. The van der Waals surface area contributed by atoms with E-state index < -0.39 is 18.2 Å². The van der Waals surface area contributed by atoms with Gasteiger partial charge in [-0.3, -0.25) is 4.98 Å². The molecule has 0 unspecified atom stereocenters. The van der Waals surface area contributed by atoms with Crippen molar-refractivity contribution in [2.24, 2.45) is 0 Å². The zero-order valence-electron chi connectivity index (χ0n) is 14.0. The number of ether oxygens (including phenoxy) is 1. The van der Waals surface area contributed by atoms with E-state index in [1.807, 2.05) is 0 Å². The van der Waals surface area contributed by atoms with E-state index in [4.69, 9.17) is 5.11 Å². The Labute approximate surface area is 152 Å². The van der Waals surface area contributed by atoms with Gasteiger partial charge < -0.3 is 9.84 Å². The Morgan fingerprint density at radius 1 is 0.926 bits per heavy atom. The maximum atomic E-state index is 13.6. The lowest BCUT2D eigenvalue weighted by atomic mass is 9.98. The first-order chi connectivity index (χ1) is 13.0. The third-order valence-electron chi connectivity index (χ3n) is 3.95. The molecule has 27 heavy (non-hydrogen) atoms. The van der Waals surface area contributed by atoms with E-state index in [9.17, 15) is 17.6 Å². The average molecular weight is 377 g/mol. The van der Waals surface area contributed by atoms with Crippen LogP contribution in [0, 0.1) is 11.6 Å². The van der Waals surface area contributed by atoms with Crippen LogP contribution in [0.5, 0.6) is 5.75 Å². The molecule has 0 aliphatic rings. The first kappa shape index (κ1) is 18.8. The van der Waals surface area contributed by atoms with E-state index in [0.717, 1.165) is 23.3 Å². The van der Waals surface area contributed by atoms with Crippen LogP contribution in [0.25, 0.3) is 11.1 Å². The summed E-state index contributed by atoms with van der Waals surface area (Å²) in [5, 5.41) is 9.03.